The van der Waals surface area contributed by atoms with Crippen LogP contribution < -0.4 is 14.9 Å². The van der Waals surface area contributed by atoms with E-state index in [9.17, 15) is 18.0 Å². The second kappa shape index (κ2) is 7.79. The number of nitrogens with zero attached hydrogens (tertiary/aromatic N) is 1. The molecule has 27 heavy (non-hydrogen) atoms. The topological polar surface area (TPSA) is 95.6 Å². The quantitative estimate of drug-likeness (QED) is 0.824. The molecule has 2 aromatic rings. The predicted octanol–water partition coefficient (Wildman–Crippen LogP) is 2.96. The van der Waals surface area contributed by atoms with Crippen molar-refractivity contribution in [1.82, 2.24) is 0 Å². The smallest absolute Gasteiger partial charge is 0.261 e. The zero-order valence-corrected chi connectivity index (χ0v) is 15.8. The van der Waals surface area contributed by atoms with E-state index in [4.69, 9.17) is 0 Å². The number of benzene rings is 2. The fraction of sp³-hybridized carbons (Fsp3) is 0.263. The fourth-order valence-corrected chi connectivity index (χ4v) is 4.01. The number of hydrogen-bond donors (Lipinski definition) is 2. The Morgan fingerprint density at radius 1 is 1.04 bits per heavy atom. The molecule has 1 saturated heterocycles. The second-order valence-electron chi connectivity index (χ2n) is 6.36. The van der Waals surface area contributed by atoms with Crippen LogP contribution in [0.25, 0.3) is 0 Å². The molecule has 0 radical (unpaired) electrons. The molecule has 2 aromatic carbocycles. The monoisotopic (exact) mass is 387 g/mol. The number of amides is 2. The highest BCUT2D eigenvalue weighted by Crippen LogP contribution is 2.24. The number of hydrogen-bond acceptors (Lipinski definition) is 4. The molecule has 8 heteroatoms. The molecule has 0 aliphatic carbocycles. The van der Waals surface area contributed by atoms with Gasteiger partial charge in [-0.2, -0.15) is 0 Å². The lowest BCUT2D eigenvalue weighted by molar-refractivity contribution is -0.119. The van der Waals surface area contributed by atoms with E-state index >= 15 is 0 Å². The molecule has 0 atom stereocenters. The molecule has 1 fully saturated rings. The average Bonchev–Trinajstić information content (AvgIpc) is 2.62. The van der Waals surface area contributed by atoms with E-state index in [2.05, 4.69) is 10.0 Å². The lowest BCUT2D eigenvalue weighted by atomic mass is 10.1. The van der Waals surface area contributed by atoms with Gasteiger partial charge in [0, 0.05) is 31.3 Å². The van der Waals surface area contributed by atoms with Crippen LogP contribution in [0.15, 0.2) is 53.4 Å². The molecule has 0 unspecified atom stereocenters. The highest BCUT2D eigenvalue weighted by Gasteiger charge is 2.21. The Morgan fingerprint density at radius 3 is 2.41 bits per heavy atom. The molecule has 7 nitrogen and oxygen atoms in total. The lowest BCUT2D eigenvalue weighted by Crippen LogP contribution is -2.35. The molecule has 0 saturated carbocycles. The van der Waals surface area contributed by atoms with Gasteiger partial charge in [0.1, 0.15) is 0 Å². The van der Waals surface area contributed by atoms with Crippen molar-refractivity contribution in [3.05, 3.63) is 48.5 Å². The first-order valence-electron chi connectivity index (χ1n) is 8.66. The van der Waals surface area contributed by atoms with Crippen LogP contribution >= 0.6 is 0 Å². The van der Waals surface area contributed by atoms with E-state index in [1.54, 1.807) is 41.3 Å². The summed E-state index contributed by atoms with van der Waals surface area (Å²) in [6, 6.07) is 12.7. The van der Waals surface area contributed by atoms with E-state index in [0.717, 1.165) is 12.8 Å². The van der Waals surface area contributed by atoms with Crippen LogP contribution in [0, 0.1) is 0 Å². The summed E-state index contributed by atoms with van der Waals surface area (Å²) in [4.78, 5) is 24.9. The first-order chi connectivity index (χ1) is 12.8. The van der Waals surface area contributed by atoms with E-state index < -0.39 is 10.0 Å². The van der Waals surface area contributed by atoms with Gasteiger partial charge in [-0.15, -0.1) is 0 Å². The Morgan fingerprint density at radius 2 is 1.74 bits per heavy atom. The van der Waals surface area contributed by atoms with Crippen LogP contribution in [-0.2, 0) is 19.6 Å². The van der Waals surface area contributed by atoms with Crippen molar-refractivity contribution in [2.45, 2.75) is 31.1 Å². The molecule has 0 spiro atoms. The van der Waals surface area contributed by atoms with Crippen molar-refractivity contribution in [3.8, 4) is 0 Å². The van der Waals surface area contributed by atoms with Gasteiger partial charge in [0.2, 0.25) is 11.8 Å². The fourth-order valence-electron chi connectivity index (χ4n) is 2.96. The predicted molar refractivity (Wildman–Crippen MR) is 104 cm³/mol. The number of sulfonamides is 1. The van der Waals surface area contributed by atoms with Crippen molar-refractivity contribution < 1.29 is 18.0 Å². The summed E-state index contributed by atoms with van der Waals surface area (Å²) >= 11 is 0. The molecule has 0 bridgehead atoms. The van der Waals surface area contributed by atoms with Crippen LogP contribution in [0.3, 0.4) is 0 Å². The summed E-state index contributed by atoms with van der Waals surface area (Å²) in [7, 11) is -3.79. The van der Waals surface area contributed by atoms with Crippen LogP contribution in [0.5, 0.6) is 0 Å². The Hall–Kier alpha value is -2.87. The molecular weight excluding hydrogens is 366 g/mol. The minimum absolute atomic E-state index is 0.0600. The summed E-state index contributed by atoms with van der Waals surface area (Å²) in [5.74, 6) is -0.178. The summed E-state index contributed by atoms with van der Waals surface area (Å²) in [6.07, 6.45) is 2.35. The van der Waals surface area contributed by atoms with E-state index in [1.165, 1.54) is 19.1 Å². The third kappa shape index (κ3) is 4.65. The molecule has 2 N–H and O–H groups in total. The van der Waals surface area contributed by atoms with Crippen LogP contribution in [-0.4, -0.2) is 26.8 Å². The minimum atomic E-state index is -3.79. The lowest BCUT2D eigenvalue weighted by Gasteiger charge is -2.26. The van der Waals surface area contributed by atoms with Gasteiger partial charge in [-0.05, 0) is 55.3 Å². The van der Waals surface area contributed by atoms with Crippen LogP contribution in [0.1, 0.15) is 26.2 Å². The third-order valence-electron chi connectivity index (χ3n) is 4.22. The van der Waals surface area contributed by atoms with E-state index in [0.29, 0.717) is 30.0 Å². The van der Waals surface area contributed by atoms with Gasteiger partial charge in [-0.1, -0.05) is 6.07 Å². The Balaban J connectivity index is 1.77. The Kier molecular flexibility index (Phi) is 5.46. The summed E-state index contributed by atoms with van der Waals surface area (Å²) in [5.41, 5.74) is 1.55. The normalized spacial score (nSPS) is 14.7. The van der Waals surface area contributed by atoms with Gasteiger partial charge in [0.15, 0.2) is 0 Å². The van der Waals surface area contributed by atoms with Gasteiger partial charge in [-0.25, -0.2) is 8.42 Å². The van der Waals surface area contributed by atoms with Crippen molar-refractivity contribution in [3.63, 3.8) is 0 Å². The number of rotatable bonds is 5. The van der Waals surface area contributed by atoms with Gasteiger partial charge in [0.05, 0.1) is 10.6 Å². The first-order valence-corrected chi connectivity index (χ1v) is 10.1. The number of nitrogens with one attached hydrogen (secondary N) is 2. The zero-order chi connectivity index (χ0) is 19.4. The number of anilines is 3. The van der Waals surface area contributed by atoms with E-state index in [-0.39, 0.29) is 16.7 Å². The van der Waals surface area contributed by atoms with Crippen LogP contribution in [0.4, 0.5) is 17.1 Å². The SMILES string of the molecule is CC(=O)Nc1cccc(NS(=O)(=O)c2ccc(N3CCCCC3=O)cc2)c1. The van der Waals surface area contributed by atoms with Crippen LogP contribution in [0.2, 0.25) is 0 Å². The largest absolute Gasteiger partial charge is 0.326 e. The number of carbonyl (C=O) groups is 2. The molecule has 1 heterocycles. The third-order valence-corrected chi connectivity index (χ3v) is 5.61. The molecule has 0 aromatic heterocycles. The molecule has 1 aliphatic rings. The highest BCUT2D eigenvalue weighted by molar-refractivity contribution is 7.92. The van der Waals surface area contributed by atoms with E-state index in [1.807, 2.05) is 0 Å². The summed E-state index contributed by atoms with van der Waals surface area (Å²) in [6.45, 7) is 2.03. The van der Waals surface area contributed by atoms with Crippen molar-refractivity contribution in [2.75, 3.05) is 21.5 Å². The zero-order valence-electron chi connectivity index (χ0n) is 14.9. The molecule has 2 amide bonds. The average molecular weight is 387 g/mol. The van der Waals surface area contributed by atoms with Crippen molar-refractivity contribution >= 4 is 38.9 Å². The van der Waals surface area contributed by atoms with Crippen molar-refractivity contribution in [1.29, 1.82) is 0 Å². The van der Waals surface area contributed by atoms with Gasteiger partial charge >= 0.3 is 0 Å². The Bertz CT molecular complexity index is 955. The highest BCUT2D eigenvalue weighted by atomic mass is 32.2. The second-order valence-corrected chi connectivity index (χ2v) is 8.05. The maximum atomic E-state index is 12.6. The molecule has 142 valence electrons. The minimum Gasteiger partial charge on any atom is -0.326 e. The summed E-state index contributed by atoms with van der Waals surface area (Å²) < 4.78 is 27.7. The molecule has 3 rings (SSSR count). The van der Waals surface area contributed by atoms with Gasteiger partial charge in [-0.3, -0.25) is 14.3 Å². The molecule has 1 aliphatic heterocycles. The number of piperidine rings is 1. The van der Waals surface area contributed by atoms with Crippen molar-refractivity contribution in [2.24, 2.45) is 0 Å². The summed E-state index contributed by atoms with van der Waals surface area (Å²) in [5, 5.41) is 2.61. The maximum absolute atomic E-state index is 12.6. The van der Waals surface area contributed by atoms with Gasteiger partial charge < -0.3 is 10.2 Å². The standard InChI is InChI=1S/C19H21N3O4S/c1-14(23)20-15-5-4-6-16(13-15)21-27(25,26)18-10-8-17(9-11-18)22-12-3-2-7-19(22)24/h4-6,8-11,13,21H,2-3,7,12H2,1H3,(H,20,23). The maximum Gasteiger partial charge on any atom is 0.261 e. The van der Waals surface area contributed by atoms with Gasteiger partial charge in [0.25, 0.3) is 10.0 Å². The Labute approximate surface area is 158 Å². The number of carbonyl (C=O) groups excluding carboxylic acids is 2. The first kappa shape index (κ1) is 18.9. The molecular formula is C19H21N3O4S.